The zero-order valence-corrected chi connectivity index (χ0v) is 25.0. The lowest BCUT2D eigenvalue weighted by molar-refractivity contribution is -0.144. The Balaban J connectivity index is 0. The van der Waals surface area contributed by atoms with Gasteiger partial charge in [-0.3, -0.25) is 0 Å². The molecule has 0 aromatic rings. The largest absolute Gasteiger partial charge is 0.462 e. The molecule has 0 heterocycles. The zero-order chi connectivity index (χ0) is 29.3. The van der Waals surface area contributed by atoms with Gasteiger partial charge in [-0.25, -0.2) is 19.2 Å². The van der Waals surface area contributed by atoms with Gasteiger partial charge >= 0.3 is 23.9 Å². The van der Waals surface area contributed by atoms with Crippen molar-refractivity contribution in [2.75, 3.05) is 13.2 Å². The molecule has 0 saturated heterocycles. The molecule has 0 spiro atoms. The highest BCUT2D eigenvalue weighted by atomic mass is 16.6. The van der Waals surface area contributed by atoms with Crippen molar-refractivity contribution in [1.29, 1.82) is 0 Å². The Morgan fingerprint density at radius 2 is 0.868 bits per heavy atom. The standard InChI is InChI=1S/C20H36O4.C10H16O4/c1-5-9-11-17(7-3)15-23-19(21)13-14-20(22)24-16-18(8-4)12-10-6-2;1-7(2)13-9(11)5-6-10(12)14-8(3)4/h13-14,17-18H,5-12,15-16H2,1-4H3;5-8H,1-4H3/b14-13+;6-5+. The van der Waals surface area contributed by atoms with Gasteiger partial charge in [-0.05, 0) is 52.4 Å². The van der Waals surface area contributed by atoms with Crippen LogP contribution in [0.2, 0.25) is 0 Å². The number of rotatable bonds is 18. The number of esters is 4. The third-order valence-electron chi connectivity index (χ3n) is 5.42. The van der Waals surface area contributed by atoms with Crippen molar-refractivity contribution in [3.05, 3.63) is 24.3 Å². The highest BCUT2D eigenvalue weighted by molar-refractivity contribution is 5.92. The Morgan fingerprint density at radius 3 is 1.13 bits per heavy atom. The lowest BCUT2D eigenvalue weighted by atomic mass is 10.0. The molecule has 0 N–H and O–H groups in total. The van der Waals surface area contributed by atoms with Crippen molar-refractivity contribution < 1.29 is 38.1 Å². The molecule has 0 aromatic carbocycles. The second-order valence-electron chi connectivity index (χ2n) is 9.73. The number of carbonyl (C=O) groups excluding carboxylic acids is 4. The second-order valence-corrected chi connectivity index (χ2v) is 9.73. The molecule has 8 heteroatoms. The van der Waals surface area contributed by atoms with E-state index in [0.29, 0.717) is 25.0 Å². The minimum Gasteiger partial charge on any atom is -0.462 e. The van der Waals surface area contributed by atoms with E-state index in [9.17, 15) is 19.2 Å². The van der Waals surface area contributed by atoms with Crippen molar-refractivity contribution in [3.63, 3.8) is 0 Å². The first-order chi connectivity index (χ1) is 18.0. The van der Waals surface area contributed by atoms with E-state index in [0.717, 1.165) is 63.5 Å². The van der Waals surface area contributed by atoms with Gasteiger partial charge in [0.1, 0.15) is 0 Å². The molecule has 0 amide bonds. The van der Waals surface area contributed by atoms with Crippen LogP contribution in [-0.2, 0) is 38.1 Å². The predicted octanol–water partition coefficient (Wildman–Crippen LogP) is 6.51. The zero-order valence-electron chi connectivity index (χ0n) is 25.0. The molecular weight excluding hydrogens is 488 g/mol. The van der Waals surface area contributed by atoms with Crippen LogP contribution in [0.25, 0.3) is 0 Å². The monoisotopic (exact) mass is 540 g/mol. The summed E-state index contributed by atoms with van der Waals surface area (Å²) in [5.41, 5.74) is 0. The fourth-order valence-corrected chi connectivity index (χ4v) is 3.11. The minimum absolute atomic E-state index is 0.187. The average Bonchev–Trinajstić information content (AvgIpc) is 2.86. The first-order valence-corrected chi connectivity index (χ1v) is 14.1. The first-order valence-electron chi connectivity index (χ1n) is 14.1. The van der Waals surface area contributed by atoms with Crippen LogP contribution in [-0.4, -0.2) is 49.3 Å². The Morgan fingerprint density at radius 1 is 0.553 bits per heavy atom. The van der Waals surface area contributed by atoms with Crippen molar-refractivity contribution >= 4 is 23.9 Å². The second kappa shape index (κ2) is 24.7. The summed E-state index contributed by atoms with van der Waals surface area (Å²) < 4.78 is 20.0. The quantitative estimate of drug-likeness (QED) is 0.110. The van der Waals surface area contributed by atoms with Crippen LogP contribution < -0.4 is 0 Å². The molecule has 0 aliphatic rings. The topological polar surface area (TPSA) is 105 Å². The molecule has 38 heavy (non-hydrogen) atoms. The highest BCUT2D eigenvalue weighted by Crippen LogP contribution is 2.14. The van der Waals surface area contributed by atoms with E-state index in [2.05, 4.69) is 27.7 Å². The van der Waals surface area contributed by atoms with Crippen molar-refractivity contribution in [2.45, 2.75) is 119 Å². The maximum Gasteiger partial charge on any atom is 0.331 e. The van der Waals surface area contributed by atoms with Crippen molar-refractivity contribution in [3.8, 4) is 0 Å². The van der Waals surface area contributed by atoms with E-state index in [1.165, 1.54) is 12.2 Å². The third-order valence-corrected chi connectivity index (χ3v) is 5.42. The Bertz CT molecular complexity index is 651. The predicted molar refractivity (Wildman–Crippen MR) is 149 cm³/mol. The first kappa shape index (κ1) is 37.5. The molecule has 0 aliphatic heterocycles. The number of hydrogen-bond donors (Lipinski definition) is 0. The molecule has 2 unspecified atom stereocenters. The number of unbranched alkanes of at least 4 members (excludes halogenated alkanes) is 2. The van der Waals surface area contributed by atoms with Crippen LogP contribution in [0.3, 0.4) is 0 Å². The molecule has 8 nitrogen and oxygen atoms in total. The van der Waals surface area contributed by atoms with Crippen molar-refractivity contribution in [1.82, 2.24) is 0 Å². The van der Waals surface area contributed by atoms with Crippen LogP contribution >= 0.6 is 0 Å². The smallest absolute Gasteiger partial charge is 0.331 e. The molecule has 0 saturated carbocycles. The summed E-state index contributed by atoms with van der Waals surface area (Å²) in [5, 5.41) is 0. The molecule has 2 atom stereocenters. The van der Waals surface area contributed by atoms with Crippen LogP contribution in [0.4, 0.5) is 0 Å². The van der Waals surface area contributed by atoms with Crippen LogP contribution in [0.15, 0.2) is 24.3 Å². The molecule has 220 valence electrons. The molecule has 0 aliphatic carbocycles. The number of ether oxygens (including phenoxy) is 4. The van der Waals surface area contributed by atoms with E-state index in [4.69, 9.17) is 18.9 Å². The van der Waals surface area contributed by atoms with Crippen LogP contribution in [0.5, 0.6) is 0 Å². The third kappa shape index (κ3) is 25.0. The van der Waals surface area contributed by atoms with Crippen LogP contribution in [0.1, 0.15) is 107 Å². The Kier molecular flexibility index (Phi) is 24.4. The molecular formula is C30H52O8. The SMILES string of the molecule is CC(C)OC(=O)/C=C/C(=O)OC(C)C.CCCCC(CC)COC(=O)/C=C/C(=O)OCC(CC)CCCC. The van der Waals surface area contributed by atoms with E-state index < -0.39 is 23.9 Å². The number of hydrogen-bond acceptors (Lipinski definition) is 8. The van der Waals surface area contributed by atoms with Crippen molar-refractivity contribution in [2.24, 2.45) is 11.8 Å². The Labute approximate surface area is 230 Å². The van der Waals surface area contributed by atoms with E-state index >= 15 is 0 Å². The molecule has 0 bridgehead atoms. The summed E-state index contributed by atoms with van der Waals surface area (Å²) in [6.45, 7) is 16.3. The molecule has 0 radical (unpaired) electrons. The van der Waals surface area contributed by atoms with Gasteiger partial charge in [0.05, 0.1) is 25.4 Å². The van der Waals surface area contributed by atoms with Gasteiger partial charge in [0.2, 0.25) is 0 Å². The molecule has 0 rings (SSSR count). The minimum atomic E-state index is -0.541. The number of carbonyl (C=O) groups is 4. The van der Waals surface area contributed by atoms with E-state index in [1.807, 2.05) is 0 Å². The summed E-state index contributed by atoms with van der Waals surface area (Å²) in [6.07, 6.45) is 12.8. The van der Waals surface area contributed by atoms with Gasteiger partial charge in [0.25, 0.3) is 0 Å². The van der Waals surface area contributed by atoms with Gasteiger partial charge in [-0.1, -0.05) is 66.2 Å². The van der Waals surface area contributed by atoms with Gasteiger partial charge in [0.15, 0.2) is 0 Å². The maximum absolute atomic E-state index is 11.7. The highest BCUT2D eigenvalue weighted by Gasteiger charge is 2.11. The lowest BCUT2D eigenvalue weighted by Gasteiger charge is -2.14. The van der Waals surface area contributed by atoms with Gasteiger partial charge in [0, 0.05) is 24.3 Å². The summed E-state index contributed by atoms with van der Waals surface area (Å²) in [6, 6.07) is 0. The normalized spacial score (nSPS) is 12.7. The molecule has 0 fully saturated rings. The Hall–Kier alpha value is -2.64. The van der Waals surface area contributed by atoms with E-state index in [1.54, 1.807) is 27.7 Å². The van der Waals surface area contributed by atoms with E-state index in [-0.39, 0.29) is 12.2 Å². The van der Waals surface area contributed by atoms with Gasteiger partial charge in [-0.2, -0.15) is 0 Å². The summed E-state index contributed by atoms with van der Waals surface area (Å²) in [7, 11) is 0. The molecule has 0 aromatic heterocycles. The van der Waals surface area contributed by atoms with Crippen LogP contribution in [0, 0.1) is 11.8 Å². The summed E-state index contributed by atoms with van der Waals surface area (Å²) in [4.78, 5) is 45.2. The fourth-order valence-electron chi connectivity index (χ4n) is 3.11. The summed E-state index contributed by atoms with van der Waals surface area (Å²) >= 11 is 0. The maximum atomic E-state index is 11.7. The lowest BCUT2D eigenvalue weighted by Crippen LogP contribution is -2.14. The van der Waals surface area contributed by atoms with Gasteiger partial charge in [-0.15, -0.1) is 0 Å². The van der Waals surface area contributed by atoms with Gasteiger partial charge < -0.3 is 18.9 Å². The fraction of sp³-hybridized carbons (Fsp3) is 0.733. The summed E-state index contributed by atoms with van der Waals surface area (Å²) in [5.74, 6) is -1.22. The average molecular weight is 541 g/mol.